The Balaban J connectivity index is 1.90. The summed E-state index contributed by atoms with van der Waals surface area (Å²) in [6.07, 6.45) is 0. The molecule has 4 heteroatoms. The summed E-state index contributed by atoms with van der Waals surface area (Å²) >= 11 is 0. The van der Waals surface area contributed by atoms with Crippen molar-refractivity contribution < 1.29 is 4.79 Å². The maximum absolute atomic E-state index is 12.5. The van der Waals surface area contributed by atoms with Crippen molar-refractivity contribution in [2.45, 2.75) is 6.92 Å². The van der Waals surface area contributed by atoms with Crippen LogP contribution in [0.1, 0.15) is 15.9 Å². The highest BCUT2D eigenvalue weighted by Gasteiger charge is 2.17. The fraction of sp³-hybridized carbons (Fsp3) is 0.188. The molecular weight excluding hydrogens is 250 g/mol. The smallest absolute Gasteiger partial charge is 0.257 e. The highest BCUT2D eigenvalue weighted by molar-refractivity contribution is 6.10. The molecule has 1 aliphatic heterocycles. The number of anilines is 3. The van der Waals surface area contributed by atoms with E-state index in [-0.39, 0.29) is 5.91 Å². The summed E-state index contributed by atoms with van der Waals surface area (Å²) in [6.45, 7) is 3.67. The monoisotopic (exact) mass is 267 g/mol. The van der Waals surface area contributed by atoms with E-state index in [0.29, 0.717) is 5.56 Å². The first-order valence-electron chi connectivity index (χ1n) is 6.73. The van der Waals surface area contributed by atoms with Crippen molar-refractivity contribution in [1.29, 1.82) is 0 Å². The number of carbonyl (C=O) groups excluding carboxylic acids is 1. The Morgan fingerprint density at radius 3 is 2.70 bits per heavy atom. The van der Waals surface area contributed by atoms with E-state index in [0.717, 1.165) is 35.7 Å². The van der Waals surface area contributed by atoms with Crippen LogP contribution < -0.4 is 16.0 Å². The SMILES string of the molecule is Cc1ccccc1NC(=O)c1cccc2c1NCCN2. The largest absolute Gasteiger partial charge is 0.382 e. The Kier molecular flexibility index (Phi) is 3.29. The molecule has 0 unspecified atom stereocenters. The van der Waals surface area contributed by atoms with Gasteiger partial charge >= 0.3 is 0 Å². The number of amides is 1. The molecule has 0 radical (unpaired) electrons. The molecule has 1 amide bonds. The summed E-state index contributed by atoms with van der Waals surface area (Å²) in [5.74, 6) is -0.0904. The molecule has 0 saturated carbocycles. The molecule has 3 rings (SSSR count). The van der Waals surface area contributed by atoms with E-state index < -0.39 is 0 Å². The molecule has 0 saturated heterocycles. The Morgan fingerprint density at radius 2 is 1.85 bits per heavy atom. The highest BCUT2D eigenvalue weighted by atomic mass is 16.1. The van der Waals surface area contributed by atoms with Crippen LogP contribution in [0.4, 0.5) is 17.1 Å². The van der Waals surface area contributed by atoms with Gasteiger partial charge in [-0.25, -0.2) is 0 Å². The van der Waals surface area contributed by atoms with Gasteiger partial charge in [0.25, 0.3) is 5.91 Å². The summed E-state index contributed by atoms with van der Waals surface area (Å²) in [4.78, 5) is 12.5. The first-order chi connectivity index (χ1) is 9.75. The molecular formula is C16H17N3O. The van der Waals surface area contributed by atoms with Gasteiger partial charge in [-0.05, 0) is 30.7 Å². The number of para-hydroxylation sites is 2. The van der Waals surface area contributed by atoms with Crippen LogP contribution in [0, 0.1) is 6.92 Å². The Morgan fingerprint density at radius 1 is 1.05 bits per heavy atom. The van der Waals surface area contributed by atoms with Gasteiger partial charge in [-0.15, -0.1) is 0 Å². The van der Waals surface area contributed by atoms with Crippen molar-refractivity contribution in [2.24, 2.45) is 0 Å². The predicted octanol–water partition coefficient (Wildman–Crippen LogP) is 3.08. The molecule has 0 bridgehead atoms. The van der Waals surface area contributed by atoms with Gasteiger partial charge in [0, 0.05) is 18.8 Å². The molecule has 0 aliphatic carbocycles. The van der Waals surface area contributed by atoms with Crippen LogP contribution in [0.15, 0.2) is 42.5 Å². The molecule has 20 heavy (non-hydrogen) atoms. The minimum absolute atomic E-state index is 0.0904. The van der Waals surface area contributed by atoms with Gasteiger partial charge in [-0.2, -0.15) is 0 Å². The van der Waals surface area contributed by atoms with Crippen LogP contribution in [-0.2, 0) is 0 Å². The number of carbonyl (C=O) groups is 1. The van der Waals surface area contributed by atoms with Gasteiger partial charge in [-0.1, -0.05) is 24.3 Å². The lowest BCUT2D eigenvalue weighted by molar-refractivity contribution is 0.102. The zero-order valence-corrected chi connectivity index (χ0v) is 11.4. The second kappa shape index (κ2) is 5.25. The number of benzene rings is 2. The van der Waals surface area contributed by atoms with Crippen molar-refractivity contribution in [3.8, 4) is 0 Å². The predicted molar refractivity (Wildman–Crippen MR) is 82.6 cm³/mol. The zero-order chi connectivity index (χ0) is 13.9. The van der Waals surface area contributed by atoms with E-state index in [1.54, 1.807) is 0 Å². The lowest BCUT2D eigenvalue weighted by Gasteiger charge is -2.22. The fourth-order valence-electron chi connectivity index (χ4n) is 2.37. The average Bonchev–Trinajstić information content (AvgIpc) is 2.49. The van der Waals surface area contributed by atoms with Gasteiger partial charge in [-0.3, -0.25) is 4.79 Å². The van der Waals surface area contributed by atoms with E-state index in [9.17, 15) is 4.79 Å². The van der Waals surface area contributed by atoms with Crippen molar-refractivity contribution in [3.63, 3.8) is 0 Å². The molecule has 0 aromatic heterocycles. The zero-order valence-electron chi connectivity index (χ0n) is 11.4. The summed E-state index contributed by atoms with van der Waals surface area (Å²) in [6, 6.07) is 13.5. The van der Waals surface area contributed by atoms with E-state index >= 15 is 0 Å². The van der Waals surface area contributed by atoms with Crippen LogP contribution in [-0.4, -0.2) is 19.0 Å². The van der Waals surface area contributed by atoms with E-state index in [1.165, 1.54) is 0 Å². The van der Waals surface area contributed by atoms with Gasteiger partial charge in [0.2, 0.25) is 0 Å². The summed E-state index contributed by atoms with van der Waals surface area (Å²) in [5.41, 5.74) is 4.42. The third-order valence-corrected chi connectivity index (χ3v) is 3.44. The highest BCUT2D eigenvalue weighted by Crippen LogP contribution is 2.29. The lowest BCUT2D eigenvalue weighted by Crippen LogP contribution is -2.24. The lowest BCUT2D eigenvalue weighted by atomic mass is 10.1. The quantitative estimate of drug-likeness (QED) is 0.783. The molecule has 0 atom stereocenters. The molecule has 1 aliphatic rings. The molecule has 0 fully saturated rings. The number of aryl methyl sites for hydroxylation is 1. The second-order valence-corrected chi connectivity index (χ2v) is 4.85. The normalized spacial score (nSPS) is 12.8. The molecule has 4 nitrogen and oxygen atoms in total. The maximum atomic E-state index is 12.5. The Labute approximate surface area is 118 Å². The molecule has 1 heterocycles. The molecule has 2 aromatic rings. The minimum Gasteiger partial charge on any atom is -0.382 e. The molecule has 2 aromatic carbocycles. The van der Waals surface area contributed by atoms with Crippen molar-refractivity contribution >= 4 is 23.0 Å². The summed E-state index contributed by atoms with van der Waals surface area (Å²) in [7, 11) is 0. The van der Waals surface area contributed by atoms with Crippen LogP contribution in [0.2, 0.25) is 0 Å². The van der Waals surface area contributed by atoms with Crippen LogP contribution >= 0.6 is 0 Å². The third-order valence-electron chi connectivity index (χ3n) is 3.44. The number of fused-ring (bicyclic) bond motifs is 1. The summed E-state index contributed by atoms with van der Waals surface area (Å²) in [5, 5.41) is 9.55. The van der Waals surface area contributed by atoms with Crippen LogP contribution in [0.25, 0.3) is 0 Å². The van der Waals surface area contributed by atoms with Crippen LogP contribution in [0.5, 0.6) is 0 Å². The number of rotatable bonds is 2. The standard InChI is InChI=1S/C16H17N3O/c1-11-5-2-3-7-13(11)19-16(20)12-6-4-8-14-15(12)18-10-9-17-14/h2-8,17-18H,9-10H2,1H3,(H,19,20). The first-order valence-corrected chi connectivity index (χ1v) is 6.73. The first kappa shape index (κ1) is 12.5. The van der Waals surface area contributed by atoms with Gasteiger partial charge < -0.3 is 16.0 Å². The van der Waals surface area contributed by atoms with Crippen molar-refractivity contribution in [1.82, 2.24) is 0 Å². The minimum atomic E-state index is -0.0904. The number of hydrogen-bond donors (Lipinski definition) is 3. The van der Waals surface area contributed by atoms with Gasteiger partial charge in [0.15, 0.2) is 0 Å². The van der Waals surface area contributed by atoms with Crippen LogP contribution in [0.3, 0.4) is 0 Å². The Bertz CT molecular complexity index is 652. The van der Waals surface area contributed by atoms with Gasteiger partial charge in [0.1, 0.15) is 0 Å². The number of hydrogen-bond acceptors (Lipinski definition) is 3. The van der Waals surface area contributed by atoms with E-state index in [2.05, 4.69) is 16.0 Å². The van der Waals surface area contributed by atoms with Crippen molar-refractivity contribution in [2.75, 3.05) is 29.0 Å². The average molecular weight is 267 g/mol. The topological polar surface area (TPSA) is 53.2 Å². The second-order valence-electron chi connectivity index (χ2n) is 4.85. The summed E-state index contributed by atoms with van der Waals surface area (Å²) < 4.78 is 0. The Hall–Kier alpha value is -2.49. The molecule has 102 valence electrons. The molecule has 3 N–H and O–H groups in total. The maximum Gasteiger partial charge on any atom is 0.257 e. The number of nitrogens with one attached hydrogen (secondary N) is 3. The third kappa shape index (κ3) is 2.32. The van der Waals surface area contributed by atoms with Gasteiger partial charge in [0.05, 0.1) is 16.9 Å². The van der Waals surface area contributed by atoms with E-state index in [4.69, 9.17) is 0 Å². The van der Waals surface area contributed by atoms with E-state index in [1.807, 2.05) is 49.4 Å². The fourth-order valence-corrected chi connectivity index (χ4v) is 2.37. The van der Waals surface area contributed by atoms with Crippen molar-refractivity contribution in [3.05, 3.63) is 53.6 Å². The molecule has 0 spiro atoms.